The molecule has 0 atom stereocenters. The molecule has 0 radical (unpaired) electrons. The Morgan fingerprint density at radius 2 is 2.05 bits per heavy atom. The summed E-state index contributed by atoms with van der Waals surface area (Å²) < 4.78 is 0. The van der Waals surface area contributed by atoms with Crippen molar-refractivity contribution in [1.82, 2.24) is 9.88 Å². The van der Waals surface area contributed by atoms with Crippen LogP contribution in [0.1, 0.15) is 20.3 Å². The number of anilines is 1. The number of pyridine rings is 1. The van der Waals surface area contributed by atoms with Gasteiger partial charge in [0, 0.05) is 35.4 Å². The van der Waals surface area contributed by atoms with Crippen LogP contribution in [0.2, 0.25) is 5.02 Å². The van der Waals surface area contributed by atoms with Crippen molar-refractivity contribution < 1.29 is 0 Å². The lowest BCUT2D eigenvalue weighted by atomic mass is 10.2. The van der Waals surface area contributed by atoms with Crippen molar-refractivity contribution in [2.45, 2.75) is 20.3 Å². The predicted molar refractivity (Wildman–Crippen MR) is 87.6 cm³/mol. The molecular formula is C16H22ClN3. The minimum Gasteiger partial charge on any atom is -0.383 e. The molecular weight excluding hydrogens is 270 g/mol. The second-order valence-electron chi connectivity index (χ2n) is 4.88. The third kappa shape index (κ3) is 3.84. The van der Waals surface area contributed by atoms with Gasteiger partial charge in [-0.15, -0.1) is 0 Å². The van der Waals surface area contributed by atoms with E-state index in [-0.39, 0.29) is 0 Å². The Morgan fingerprint density at radius 1 is 1.20 bits per heavy atom. The van der Waals surface area contributed by atoms with E-state index >= 15 is 0 Å². The van der Waals surface area contributed by atoms with E-state index < -0.39 is 0 Å². The molecule has 0 aliphatic rings. The minimum absolute atomic E-state index is 0.724. The quantitative estimate of drug-likeness (QED) is 0.835. The molecule has 1 aromatic carbocycles. The van der Waals surface area contributed by atoms with Crippen LogP contribution in [0.3, 0.4) is 0 Å². The van der Waals surface area contributed by atoms with E-state index in [4.69, 9.17) is 11.6 Å². The third-order valence-corrected chi connectivity index (χ3v) is 3.67. The monoisotopic (exact) mass is 291 g/mol. The Kier molecular flexibility index (Phi) is 5.62. The molecule has 0 saturated heterocycles. The first kappa shape index (κ1) is 15.1. The summed E-state index contributed by atoms with van der Waals surface area (Å²) in [4.78, 5) is 6.81. The van der Waals surface area contributed by atoms with Crippen molar-refractivity contribution in [1.29, 1.82) is 0 Å². The summed E-state index contributed by atoms with van der Waals surface area (Å²) in [7, 11) is 0. The molecule has 0 saturated carbocycles. The lowest BCUT2D eigenvalue weighted by Gasteiger charge is -2.20. The lowest BCUT2D eigenvalue weighted by molar-refractivity contribution is 0.300. The highest BCUT2D eigenvalue weighted by Gasteiger charge is 2.04. The fourth-order valence-corrected chi connectivity index (χ4v) is 2.53. The number of nitrogens with zero attached hydrogens (tertiary/aromatic N) is 2. The zero-order valence-corrected chi connectivity index (χ0v) is 13.0. The van der Waals surface area contributed by atoms with Crippen molar-refractivity contribution in [3.63, 3.8) is 0 Å². The normalized spacial score (nSPS) is 11.2. The summed E-state index contributed by atoms with van der Waals surface area (Å²) in [5, 5.41) is 5.35. The number of nitrogens with one attached hydrogen (secondary N) is 1. The van der Waals surface area contributed by atoms with Crippen LogP contribution in [0.15, 0.2) is 30.5 Å². The second kappa shape index (κ2) is 7.46. The van der Waals surface area contributed by atoms with Crippen LogP contribution in [0, 0.1) is 0 Å². The van der Waals surface area contributed by atoms with Gasteiger partial charge in [0.15, 0.2) is 0 Å². The first-order valence-electron chi connectivity index (χ1n) is 7.25. The van der Waals surface area contributed by atoms with E-state index in [2.05, 4.69) is 29.0 Å². The Bertz CT molecular complexity index is 556. The molecule has 20 heavy (non-hydrogen) atoms. The molecule has 108 valence electrons. The number of benzene rings is 1. The van der Waals surface area contributed by atoms with E-state index in [1.54, 1.807) is 0 Å². The van der Waals surface area contributed by atoms with Gasteiger partial charge in [-0.1, -0.05) is 25.4 Å². The van der Waals surface area contributed by atoms with Gasteiger partial charge in [0.25, 0.3) is 0 Å². The minimum atomic E-state index is 0.724. The molecule has 3 nitrogen and oxygen atoms in total. The summed E-state index contributed by atoms with van der Waals surface area (Å²) in [6, 6.07) is 7.85. The number of fused-ring (bicyclic) bond motifs is 1. The van der Waals surface area contributed by atoms with Crippen LogP contribution < -0.4 is 5.32 Å². The average molecular weight is 292 g/mol. The largest absolute Gasteiger partial charge is 0.383 e. The molecule has 0 bridgehead atoms. The Balaban J connectivity index is 2.03. The first-order valence-corrected chi connectivity index (χ1v) is 7.63. The van der Waals surface area contributed by atoms with Gasteiger partial charge in [0.1, 0.15) is 0 Å². The van der Waals surface area contributed by atoms with Crippen molar-refractivity contribution in [2.24, 2.45) is 0 Å². The Labute approximate surface area is 126 Å². The molecule has 1 N–H and O–H groups in total. The van der Waals surface area contributed by atoms with E-state index in [1.807, 2.05) is 30.5 Å². The van der Waals surface area contributed by atoms with E-state index in [0.717, 1.165) is 47.8 Å². The number of rotatable bonds is 7. The highest BCUT2D eigenvalue weighted by molar-refractivity contribution is 6.31. The SMILES string of the molecule is CCCN(CC)CCNc1ccnc2cc(Cl)ccc12. The van der Waals surface area contributed by atoms with Crippen LogP contribution in [0.4, 0.5) is 5.69 Å². The zero-order chi connectivity index (χ0) is 14.4. The zero-order valence-electron chi connectivity index (χ0n) is 12.2. The maximum absolute atomic E-state index is 6.00. The Morgan fingerprint density at radius 3 is 2.80 bits per heavy atom. The predicted octanol–water partition coefficient (Wildman–Crippen LogP) is 4.03. The maximum Gasteiger partial charge on any atom is 0.0737 e. The summed E-state index contributed by atoms with van der Waals surface area (Å²) >= 11 is 6.00. The second-order valence-corrected chi connectivity index (χ2v) is 5.32. The number of aromatic nitrogens is 1. The highest BCUT2D eigenvalue weighted by atomic mass is 35.5. The van der Waals surface area contributed by atoms with Gasteiger partial charge in [-0.3, -0.25) is 4.98 Å². The number of hydrogen-bond donors (Lipinski definition) is 1. The summed E-state index contributed by atoms with van der Waals surface area (Å²) in [6.45, 7) is 8.68. The molecule has 0 amide bonds. The fourth-order valence-electron chi connectivity index (χ4n) is 2.37. The summed E-state index contributed by atoms with van der Waals surface area (Å²) in [6.07, 6.45) is 3.02. The van der Waals surface area contributed by atoms with Gasteiger partial charge in [-0.05, 0) is 43.8 Å². The van der Waals surface area contributed by atoms with Gasteiger partial charge >= 0.3 is 0 Å². The van der Waals surface area contributed by atoms with Crippen LogP contribution >= 0.6 is 11.6 Å². The topological polar surface area (TPSA) is 28.2 Å². The first-order chi connectivity index (χ1) is 9.74. The van der Waals surface area contributed by atoms with Crippen molar-refractivity contribution in [3.8, 4) is 0 Å². The van der Waals surface area contributed by atoms with Crippen LogP contribution in [0.25, 0.3) is 10.9 Å². The smallest absolute Gasteiger partial charge is 0.0737 e. The molecule has 0 aliphatic heterocycles. The van der Waals surface area contributed by atoms with Crippen LogP contribution in [-0.4, -0.2) is 36.1 Å². The molecule has 2 rings (SSSR count). The molecule has 4 heteroatoms. The molecule has 0 aliphatic carbocycles. The summed E-state index contributed by atoms with van der Waals surface area (Å²) in [5.41, 5.74) is 2.06. The molecule has 0 spiro atoms. The summed E-state index contributed by atoms with van der Waals surface area (Å²) in [5.74, 6) is 0. The third-order valence-electron chi connectivity index (χ3n) is 3.44. The number of halogens is 1. The van der Waals surface area contributed by atoms with Gasteiger partial charge in [0.2, 0.25) is 0 Å². The average Bonchev–Trinajstić information content (AvgIpc) is 2.46. The molecule has 0 fully saturated rings. The van der Waals surface area contributed by atoms with E-state index in [1.165, 1.54) is 6.42 Å². The van der Waals surface area contributed by atoms with Gasteiger partial charge in [-0.2, -0.15) is 0 Å². The van der Waals surface area contributed by atoms with Crippen molar-refractivity contribution in [2.75, 3.05) is 31.5 Å². The fraction of sp³-hybridized carbons (Fsp3) is 0.438. The van der Waals surface area contributed by atoms with Gasteiger partial charge in [-0.25, -0.2) is 0 Å². The Hall–Kier alpha value is -1.32. The number of likely N-dealkylation sites (N-methyl/N-ethyl adjacent to an activating group) is 1. The number of hydrogen-bond acceptors (Lipinski definition) is 3. The van der Waals surface area contributed by atoms with Gasteiger partial charge in [0.05, 0.1) is 5.52 Å². The molecule has 0 unspecified atom stereocenters. The lowest BCUT2D eigenvalue weighted by Crippen LogP contribution is -2.29. The standard InChI is InChI=1S/C16H22ClN3/c1-3-10-20(4-2)11-9-19-15-7-8-18-16-12-13(17)5-6-14(15)16/h5-8,12H,3-4,9-11H2,1-2H3,(H,18,19). The maximum atomic E-state index is 6.00. The van der Waals surface area contributed by atoms with Gasteiger partial charge < -0.3 is 10.2 Å². The van der Waals surface area contributed by atoms with Crippen molar-refractivity contribution in [3.05, 3.63) is 35.5 Å². The van der Waals surface area contributed by atoms with Crippen LogP contribution in [-0.2, 0) is 0 Å². The molecule has 1 aromatic heterocycles. The molecule has 2 aromatic rings. The molecule has 1 heterocycles. The highest BCUT2D eigenvalue weighted by Crippen LogP contribution is 2.24. The van der Waals surface area contributed by atoms with Crippen molar-refractivity contribution >= 4 is 28.2 Å². The van der Waals surface area contributed by atoms with Crippen LogP contribution in [0.5, 0.6) is 0 Å². The van der Waals surface area contributed by atoms with E-state index in [0.29, 0.717) is 0 Å². The van der Waals surface area contributed by atoms with E-state index in [9.17, 15) is 0 Å².